The van der Waals surface area contributed by atoms with Gasteiger partial charge in [-0.25, -0.2) is 0 Å². The molecule has 3 heterocycles. The van der Waals surface area contributed by atoms with Crippen molar-refractivity contribution in [2.75, 3.05) is 18.5 Å². The van der Waals surface area contributed by atoms with E-state index in [2.05, 4.69) is 30.9 Å². The Bertz CT molecular complexity index is 1490. The smallest absolute Gasteiger partial charge is 0.275 e. The molecule has 0 bridgehead atoms. The highest BCUT2D eigenvalue weighted by Gasteiger charge is 2.40. The predicted octanol–water partition coefficient (Wildman–Crippen LogP) is 3.42. The van der Waals surface area contributed by atoms with Crippen LogP contribution in [-0.4, -0.2) is 33.3 Å². The zero-order valence-corrected chi connectivity index (χ0v) is 21.2. The normalized spacial score (nSPS) is 20.6. The molecule has 0 atom stereocenters. The molecule has 0 N–H and O–H groups in total. The van der Waals surface area contributed by atoms with Crippen molar-refractivity contribution in [3.05, 3.63) is 79.7 Å². The van der Waals surface area contributed by atoms with Crippen molar-refractivity contribution in [1.29, 1.82) is 0 Å². The first-order chi connectivity index (χ1) is 15.8. The number of rotatable bonds is 2. The van der Waals surface area contributed by atoms with Crippen LogP contribution in [0.2, 0.25) is 0 Å². The first-order valence-corrected chi connectivity index (χ1v) is 12.7. The molecule has 0 radical (unpaired) electrons. The van der Waals surface area contributed by atoms with Crippen molar-refractivity contribution in [3.63, 3.8) is 0 Å². The van der Waals surface area contributed by atoms with Crippen LogP contribution >= 0.6 is 35.3 Å². The zero-order chi connectivity index (χ0) is 23.5. The lowest BCUT2D eigenvalue weighted by Gasteiger charge is -2.23. The molecule has 2 aliphatic rings. The van der Waals surface area contributed by atoms with Crippen molar-refractivity contribution in [3.8, 4) is 5.69 Å². The average molecular weight is 494 g/mol. The Morgan fingerprint density at radius 1 is 1.00 bits per heavy atom. The molecule has 5 nitrogen and oxygen atoms in total. The number of carbonyl (C=O) groups excluding carboxylic acids is 1. The number of thioether (sulfide) groups is 1. The summed E-state index contributed by atoms with van der Waals surface area (Å²) >= 11 is 8.10. The Morgan fingerprint density at radius 3 is 2.30 bits per heavy atom. The molecule has 0 aliphatic carbocycles. The number of carbonyl (C=O) groups is 1. The van der Waals surface area contributed by atoms with E-state index in [1.165, 1.54) is 28.7 Å². The van der Waals surface area contributed by atoms with Crippen molar-refractivity contribution < 1.29 is 4.79 Å². The van der Waals surface area contributed by atoms with Gasteiger partial charge in [0.15, 0.2) is 0 Å². The number of fused-ring (bicyclic) bond motifs is 1. The summed E-state index contributed by atoms with van der Waals surface area (Å²) in [5, 5.41) is 0. The number of amides is 1. The van der Waals surface area contributed by atoms with Crippen molar-refractivity contribution in [1.82, 2.24) is 9.47 Å². The molecular formula is C25H23N3O2S3. The minimum atomic E-state index is -0.358. The molecule has 1 saturated heterocycles. The highest BCUT2D eigenvalue weighted by molar-refractivity contribution is 8.30. The van der Waals surface area contributed by atoms with Gasteiger partial charge < -0.3 is 4.90 Å². The number of para-hydroxylation sites is 2. The van der Waals surface area contributed by atoms with E-state index in [0.29, 0.717) is 25.0 Å². The van der Waals surface area contributed by atoms with E-state index >= 15 is 0 Å². The topological polar surface area (TPSA) is 45.6 Å². The summed E-state index contributed by atoms with van der Waals surface area (Å²) in [7, 11) is 2.01. The number of thiocarbonyl (C=S) groups is 1. The molecule has 5 rings (SSSR count). The van der Waals surface area contributed by atoms with E-state index < -0.39 is 0 Å². The van der Waals surface area contributed by atoms with E-state index in [4.69, 9.17) is 12.2 Å². The molecule has 1 amide bonds. The minimum Gasteiger partial charge on any atom is -0.346 e. The first-order valence-electron chi connectivity index (χ1n) is 10.7. The van der Waals surface area contributed by atoms with Gasteiger partial charge in [0.1, 0.15) is 18.4 Å². The lowest BCUT2D eigenvalue weighted by molar-refractivity contribution is -0.120. The number of thiazole rings is 1. The Labute approximate surface area is 205 Å². The fourth-order valence-electron chi connectivity index (χ4n) is 4.69. The minimum absolute atomic E-state index is 0.120. The average Bonchev–Trinajstić information content (AvgIpc) is 3.35. The van der Waals surface area contributed by atoms with Gasteiger partial charge in [0.2, 0.25) is 0 Å². The van der Waals surface area contributed by atoms with Gasteiger partial charge in [-0.3, -0.25) is 19.1 Å². The third-order valence-corrected chi connectivity index (χ3v) is 8.97. The highest BCUT2D eigenvalue weighted by Crippen LogP contribution is 2.47. The number of hydrogen-bond acceptors (Lipinski definition) is 6. The van der Waals surface area contributed by atoms with Crippen LogP contribution in [0, 0.1) is 0 Å². The number of anilines is 1. The SMILES string of the molecule is CCN1C(=O)/C(=c2/s/c(=C3/N(C)c4ccccc4C3(C)C)c(=O)n2-c2ccccc2)SC1=S. The van der Waals surface area contributed by atoms with Gasteiger partial charge >= 0.3 is 0 Å². The summed E-state index contributed by atoms with van der Waals surface area (Å²) in [4.78, 5) is 31.4. The molecule has 0 spiro atoms. The molecule has 1 fully saturated rings. The maximum Gasteiger partial charge on any atom is 0.275 e. The standard InChI is InChI=1S/C25H23N3O2S3/c1-5-27-21(29)19(33-24(27)31)23-28(15-11-7-6-8-12-15)22(30)18(32-23)20-25(2,3)16-13-9-10-14-17(16)26(20)4/h6-14H,5H2,1-4H3/b20-18+,23-19-. The van der Waals surface area contributed by atoms with Crippen LogP contribution in [-0.2, 0) is 10.2 Å². The summed E-state index contributed by atoms with van der Waals surface area (Å²) in [6.07, 6.45) is 0. The maximum absolute atomic E-state index is 14.0. The van der Waals surface area contributed by atoms with E-state index in [1.807, 2.05) is 56.4 Å². The van der Waals surface area contributed by atoms with Crippen molar-refractivity contribution >= 4 is 61.8 Å². The van der Waals surface area contributed by atoms with Gasteiger partial charge in [-0.2, -0.15) is 0 Å². The van der Waals surface area contributed by atoms with Crippen LogP contribution in [0.15, 0.2) is 59.4 Å². The molecule has 0 unspecified atom stereocenters. The summed E-state index contributed by atoms with van der Waals surface area (Å²) in [5.41, 5.74) is 3.48. The highest BCUT2D eigenvalue weighted by atomic mass is 32.2. The largest absolute Gasteiger partial charge is 0.346 e. The molecular weight excluding hydrogens is 470 g/mol. The van der Waals surface area contributed by atoms with E-state index in [9.17, 15) is 9.59 Å². The van der Waals surface area contributed by atoms with Gasteiger partial charge in [-0.05, 0) is 30.7 Å². The van der Waals surface area contributed by atoms with Crippen molar-refractivity contribution in [2.45, 2.75) is 26.2 Å². The quantitative estimate of drug-likeness (QED) is 0.512. The van der Waals surface area contributed by atoms with Gasteiger partial charge in [0.25, 0.3) is 11.5 Å². The molecule has 1 aromatic heterocycles. The maximum atomic E-state index is 14.0. The van der Waals surface area contributed by atoms with Gasteiger partial charge in [-0.15, -0.1) is 11.3 Å². The van der Waals surface area contributed by atoms with Crippen LogP contribution < -0.4 is 19.7 Å². The first kappa shape index (κ1) is 22.1. The van der Waals surface area contributed by atoms with Gasteiger partial charge in [0.05, 0.1) is 11.4 Å². The molecule has 2 aliphatic heterocycles. The number of likely N-dealkylation sites (N-methyl/N-ethyl adjacent to an activating group) is 1. The second-order valence-electron chi connectivity index (χ2n) is 8.51. The Morgan fingerprint density at radius 2 is 1.67 bits per heavy atom. The van der Waals surface area contributed by atoms with E-state index in [0.717, 1.165) is 17.1 Å². The van der Waals surface area contributed by atoms with Gasteiger partial charge in [-0.1, -0.05) is 74.2 Å². The fourth-order valence-corrected chi connectivity index (χ4v) is 7.59. The Balaban J connectivity index is 1.91. The molecule has 3 aromatic rings. The monoisotopic (exact) mass is 493 g/mol. The number of benzene rings is 2. The fraction of sp³-hybridized carbons (Fsp3) is 0.240. The second kappa shape index (κ2) is 7.97. The lowest BCUT2D eigenvalue weighted by atomic mass is 9.84. The lowest BCUT2D eigenvalue weighted by Crippen LogP contribution is -2.37. The van der Waals surface area contributed by atoms with Crippen LogP contribution in [0.1, 0.15) is 26.3 Å². The summed E-state index contributed by atoms with van der Waals surface area (Å²) < 4.78 is 3.46. The molecule has 168 valence electrons. The summed E-state index contributed by atoms with van der Waals surface area (Å²) in [5.74, 6) is -0.141. The molecule has 2 aromatic carbocycles. The summed E-state index contributed by atoms with van der Waals surface area (Å²) in [6, 6.07) is 17.7. The van der Waals surface area contributed by atoms with E-state index in [1.54, 1.807) is 9.47 Å². The van der Waals surface area contributed by atoms with E-state index in [-0.39, 0.29) is 16.9 Å². The second-order valence-corrected chi connectivity index (χ2v) is 11.2. The van der Waals surface area contributed by atoms with Crippen LogP contribution in [0.3, 0.4) is 0 Å². The number of aromatic nitrogens is 1. The molecule has 0 saturated carbocycles. The third-order valence-electron chi connectivity index (χ3n) is 6.25. The van der Waals surface area contributed by atoms with Crippen LogP contribution in [0.5, 0.6) is 0 Å². The Hall–Kier alpha value is -2.68. The molecule has 8 heteroatoms. The number of hydrogen-bond donors (Lipinski definition) is 0. The van der Waals surface area contributed by atoms with Crippen LogP contribution in [0.4, 0.5) is 5.69 Å². The summed E-state index contributed by atoms with van der Waals surface area (Å²) in [6.45, 7) is 6.70. The zero-order valence-electron chi connectivity index (χ0n) is 18.8. The van der Waals surface area contributed by atoms with Crippen LogP contribution in [0.25, 0.3) is 16.3 Å². The predicted molar refractivity (Wildman–Crippen MR) is 141 cm³/mol. The Kier molecular flexibility index (Phi) is 5.34. The number of nitrogens with zero attached hydrogens (tertiary/aromatic N) is 3. The molecule has 33 heavy (non-hydrogen) atoms. The van der Waals surface area contributed by atoms with Crippen molar-refractivity contribution in [2.24, 2.45) is 0 Å². The van der Waals surface area contributed by atoms with Gasteiger partial charge in [0, 0.05) is 24.7 Å². The third kappa shape index (κ3) is 3.23.